The number of rotatable bonds is 9. The van der Waals surface area contributed by atoms with E-state index in [4.69, 9.17) is 18.9 Å². The Morgan fingerprint density at radius 3 is 1.90 bits per heavy atom. The molecule has 0 amide bonds. The minimum atomic E-state index is -2.22. The van der Waals surface area contributed by atoms with Gasteiger partial charge in [-0.15, -0.1) is 0 Å². The molecule has 3 aromatic carbocycles. The van der Waals surface area contributed by atoms with Gasteiger partial charge in [0.1, 0.15) is 0 Å². The molecule has 0 aromatic heterocycles. The van der Waals surface area contributed by atoms with E-state index in [0.29, 0.717) is 6.79 Å². The van der Waals surface area contributed by atoms with E-state index in [9.17, 15) is 29.4 Å². The molecule has 0 bridgehead atoms. The van der Waals surface area contributed by atoms with Gasteiger partial charge >= 0.3 is 23.9 Å². The average molecular weight is 660 g/mol. The molecule has 48 heavy (non-hydrogen) atoms. The Hall–Kier alpha value is -4.90. The number of carbonyl (C=O) groups is 4. The van der Waals surface area contributed by atoms with Gasteiger partial charge in [-0.2, -0.15) is 0 Å². The highest BCUT2D eigenvalue weighted by Gasteiger charge is 2.41. The van der Waals surface area contributed by atoms with E-state index < -0.39 is 36.1 Å². The number of hydrogen-bond acceptors (Lipinski definition) is 9. The van der Waals surface area contributed by atoms with Crippen molar-refractivity contribution in [2.45, 2.75) is 71.1 Å². The van der Waals surface area contributed by atoms with Crippen LogP contribution in [0.25, 0.3) is 0 Å². The van der Waals surface area contributed by atoms with E-state index in [-0.39, 0.29) is 11.1 Å². The van der Waals surface area contributed by atoms with Gasteiger partial charge in [-0.3, -0.25) is 4.90 Å². The first-order valence-electron chi connectivity index (χ1n) is 16.2. The zero-order chi connectivity index (χ0) is 34.4. The smallest absolute Gasteiger partial charge is 0.349 e. The summed E-state index contributed by atoms with van der Waals surface area (Å²) in [5, 5.41) is 18.6. The number of esters is 2. The van der Waals surface area contributed by atoms with Crippen molar-refractivity contribution in [1.29, 1.82) is 0 Å². The highest BCUT2D eigenvalue weighted by atomic mass is 16.7. The second-order valence-corrected chi connectivity index (χ2v) is 12.4. The van der Waals surface area contributed by atoms with Gasteiger partial charge < -0.3 is 29.2 Å². The van der Waals surface area contributed by atoms with Gasteiger partial charge in [-0.25, -0.2) is 19.2 Å². The predicted octanol–water partition coefficient (Wildman–Crippen LogP) is 5.23. The molecule has 11 nitrogen and oxygen atoms in total. The van der Waals surface area contributed by atoms with Crippen LogP contribution >= 0.6 is 0 Å². The number of piperidine rings is 1. The van der Waals surface area contributed by atoms with Gasteiger partial charge in [0, 0.05) is 11.6 Å². The Kier molecular flexibility index (Phi) is 11.0. The Labute approximate surface area is 279 Å². The number of carbonyl (C=O) groups excluding carboxylic acids is 2. The van der Waals surface area contributed by atoms with Crippen LogP contribution < -0.4 is 9.47 Å². The number of fused-ring (bicyclic) bond motifs is 4. The summed E-state index contributed by atoms with van der Waals surface area (Å²) in [4.78, 5) is 50.1. The van der Waals surface area contributed by atoms with E-state index in [1.807, 2.05) is 0 Å². The van der Waals surface area contributed by atoms with E-state index in [2.05, 4.69) is 24.0 Å². The summed E-state index contributed by atoms with van der Waals surface area (Å²) in [5.74, 6) is -2.83. The van der Waals surface area contributed by atoms with E-state index in [1.165, 1.54) is 80.6 Å². The molecule has 2 aliphatic heterocycles. The fourth-order valence-electron chi connectivity index (χ4n) is 6.51. The lowest BCUT2D eigenvalue weighted by Gasteiger charge is -2.44. The number of aryl methyl sites for hydroxylation is 2. The van der Waals surface area contributed by atoms with Crippen molar-refractivity contribution >= 4 is 23.9 Å². The molecule has 1 fully saturated rings. The van der Waals surface area contributed by atoms with Crippen LogP contribution in [-0.4, -0.2) is 77.1 Å². The summed E-state index contributed by atoms with van der Waals surface area (Å²) < 4.78 is 20.9. The predicted molar refractivity (Wildman–Crippen MR) is 174 cm³/mol. The van der Waals surface area contributed by atoms with E-state index >= 15 is 0 Å². The number of carboxylic acid groups (broad SMARTS) is 2. The number of carboxylic acids is 2. The third-order valence-corrected chi connectivity index (χ3v) is 8.98. The third kappa shape index (κ3) is 7.96. The second kappa shape index (κ2) is 15.3. The van der Waals surface area contributed by atoms with Crippen molar-refractivity contribution in [2.75, 3.05) is 19.9 Å². The highest BCUT2D eigenvalue weighted by Crippen LogP contribution is 2.44. The van der Waals surface area contributed by atoms with Crippen LogP contribution in [0.4, 0.5) is 0 Å². The molecule has 0 unspecified atom stereocenters. The van der Waals surface area contributed by atoms with Crippen LogP contribution in [-0.2, 0) is 31.9 Å². The molecule has 11 heteroatoms. The third-order valence-electron chi connectivity index (χ3n) is 8.98. The van der Waals surface area contributed by atoms with Crippen molar-refractivity contribution < 1.29 is 48.3 Å². The number of ether oxygens (including phenoxy) is 4. The van der Waals surface area contributed by atoms with Crippen molar-refractivity contribution in [1.82, 2.24) is 4.90 Å². The Morgan fingerprint density at radius 1 is 0.812 bits per heavy atom. The lowest BCUT2D eigenvalue weighted by molar-refractivity contribution is -0.166. The van der Waals surface area contributed by atoms with Crippen LogP contribution in [0.2, 0.25) is 0 Å². The van der Waals surface area contributed by atoms with E-state index in [0.717, 1.165) is 34.6 Å². The maximum Gasteiger partial charge on any atom is 0.349 e. The topological polar surface area (TPSA) is 149 Å². The van der Waals surface area contributed by atoms with Gasteiger partial charge in [0.2, 0.25) is 19.0 Å². The zero-order valence-corrected chi connectivity index (χ0v) is 27.3. The normalized spacial score (nSPS) is 19.0. The first-order valence-corrected chi connectivity index (χ1v) is 16.2. The van der Waals surface area contributed by atoms with Crippen LogP contribution in [0.15, 0.2) is 60.7 Å². The summed E-state index contributed by atoms with van der Waals surface area (Å²) in [7, 11) is 0. The molecule has 3 aromatic rings. The van der Waals surface area contributed by atoms with Gasteiger partial charge in [0.25, 0.3) is 0 Å². The molecule has 0 saturated carbocycles. The quantitative estimate of drug-likeness (QED) is 0.291. The Morgan fingerprint density at radius 2 is 1.38 bits per heavy atom. The Balaban J connectivity index is 0.000000197. The zero-order valence-electron chi connectivity index (χ0n) is 27.3. The van der Waals surface area contributed by atoms with E-state index in [1.54, 1.807) is 38.1 Å². The minimum absolute atomic E-state index is 0.0332. The molecule has 3 aliphatic rings. The molecule has 1 aliphatic carbocycles. The maximum atomic E-state index is 12.2. The summed E-state index contributed by atoms with van der Waals surface area (Å²) in [6, 6.07) is 17.2. The monoisotopic (exact) mass is 659 g/mol. The molecule has 2 N–H and O–H groups in total. The molecule has 6 rings (SSSR count). The van der Waals surface area contributed by atoms with Crippen LogP contribution in [0.5, 0.6) is 11.5 Å². The van der Waals surface area contributed by atoms with Gasteiger partial charge in [0.15, 0.2) is 11.5 Å². The molecule has 2 heterocycles. The fourth-order valence-corrected chi connectivity index (χ4v) is 6.51. The number of hydrogen-bond donors (Lipinski definition) is 2. The van der Waals surface area contributed by atoms with Crippen molar-refractivity contribution in [3.63, 3.8) is 0 Å². The van der Waals surface area contributed by atoms with Gasteiger partial charge in [0.05, 0.1) is 11.1 Å². The fraction of sp³-hybridized carbons (Fsp3) is 0.405. The SMILES string of the molecule is CCCN1CCC[C@@H]2Cc3c(ccc4c3OCO4)C[C@H]21.Cc1ccc(C(=O)O[C@@H](C(=O)O)[C@@H](OC(=O)c2ccc(C)cc2)C(=O)O)cc1. The van der Waals surface area contributed by atoms with Crippen LogP contribution in [0.3, 0.4) is 0 Å². The number of nitrogens with zero attached hydrogens (tertiary/aromatic N) is 1. The van der Waals surface area contributed by atoms with Crippen molar-refractivity contribution in [3.8, 4) is 11.5 Å². The molecular formula is C37H41NO10. The molecule has 254 valence electrons. The van der Waals surface area contributed by atoms with Crippen molar-refractivity contribution in [3.05, 3.63) is 94.0 Å². The Bertz CT molecular complexity index is 1560. The number of benzene rings is 3. The summed E-state index contributed by atoms with van der Waals surface area (Å²) in [6.07, 6.45) is 1.90. The summed E-state index contributed by atoms with van der Waals surface area (Å²) in [5.41, 5.74) is 4.71. The first kappa shape index (κ1) is 34.4. The maximum absolute atomic E-state index is 12.2. The largest absolute Gasteiger partial charge is 0.478 e. The second-order valence-electron chi connectivity index (χ2n) is 12.4. The summed E-state index contributed by atoms with van der Waals surface area (Å²) in [6.45, 7) is 8.80. The van der Waals surface area contributed by atoms with Crippen LogP contribution in [0.1, 0.15) is 69.2 Å². The molecule has 0 spiro atoms. The number of aliphatic carboxylic acids is 2. The molecular weight excluding hydrogens is 618 g/mol. The summed E-state index contributed by atoms with van der Waals surface area (Å²) >= 11 is 0. The van der Waals surface area contributed by atoms with Crippen LogP contribution in [0, 0.1) is 19.8 Å². The molecule has 0 radical (unpaired) electrons. The molecule has 1 saturated heterocycles. The lowest BCUT2D eigenvalue weighted by atomic mass is 9.75. The van der Waals surface area contributed by atoms with Gasteiger partial charge in [-0.1, -0.05) is 48.4 Å². The lowest BCUT2D eigenvalue weighted by Crippen LogP contribution is -2.49. The van der Waals surface area contributed by atoms with Crippen molar-refractivity contribution in [2.24, 2.45) is 5.92 Å². The standard InChI is InChI=1S/C20H18O8.C17H23NO2/c1-11-3-7-13(8-4-11)19(25)27-15(17(21)22)16(18(23)24)28-20(26)14-9-5-12(2)6-10-14;1-2-7-18-8-3-4-13-9-14-12(10-15(13)18)5-6-16-17(14)20-11-19-16/h3-10,15-16H,1-2H3,(H,21,22)(H,23,24);5-6,13,15H,2-4,7-11H2,1H3/t15-,16-;13-,15-/m11/s1. The highest BCUT2D eigenvalue weighted by molar-refractivity contribution is 5.95. The number of likely N-dealkylation sites (tertiary alicyclic amines) is 1. The average Bonchev–Trinajstić information content (AvgIpc) is 3.56. The molecule has 4 atom stereocenters. The minimum Gasteiger partial charge on any atom is -0.478 e. The first-order chi connectivity index (χ1) is 23.0. The van der Waals surface area contributed by atoms with Gasteiger partial charge in [-0.05, 0) is 101 Å².